The summed E-state index contributed by atoms with van der Waals surface area (Å²) < 4.78 is 15.9. The van der Waals surface area contributed by atoms with Gasteiger partial charge in [-0.3, -0.25) is 0 Å². The van der Waals surface area contributed by atoms with Gasteiger partial charge in [0.15, 0.2) is 0 Å². The molecule has 0 radical (unpaired) electrons. The second kappa shape index (κ2) is 6.66. The largest absolute Gasteiger partial charge is 0.496 e. The third kappa shape index (κ3) is 2.98. The van der Waals surface area contributed by atoms with Crippen molar-refractivity contribution in [2.75, 3.05) is 39.3 Å². The predicted octanol–water partition coefficient (Wildman–Crippen LogP) is 2.98. The lowest BCUT2D eigenvalue weighted by Crippen LogP contribution is -2.22. The van der Waals surface area contributed by atoms with Crippen LogP contribution in [0.3, 0.4) is 0 Å². The SMILES string of the molecule is COCCN(C)c1ccc2c(-c3ccccc3OC)noc2n1. The molecule has 0 amide bonds. The van der Waals surface area contributed by atoms with E-state index in [1.807, 2.05) is 48.3 Å². The van der Waals surface area contributed by atoms with Crippen LogP contribution in [-0.2, 0) is 4.74 Å². The molecule has 0 aliphatic heterocycles. The van der Waals surface area contributed by atoms with Crippen molar-refractivity contribution in [3.8, 4) is 17.0 Å². The first-order chi connectivity index (χ1) is 11.2. The van der Waals surface area contributed by atoms with Crippen molar-refractivity contribution in [1.29, 1.82) is 0 Å². The standard InChI is InChI=1S/C17H19N3O3/c1-20(10-11-21-2)15-9-8-13-16(19-23-17(13)18-15)12-6-4-5-7-14(12)22-3/h4-9H,10-11H2,1-3H3. The maximum atomic E-state index is 5.42. The van der Waals surface area contributed by atoms with Crippen molar-refractivity contribution in [1.82, 2.24) is 10.1 Å². The number of hydrogen-bond acceptors (Lipinski definition) is 6. The van der Waals surface area contributed by atoms with E-state index in [-0.39, 0.29) is 0 Å². The van der Waals surface area contributed by atoms with E-state index >= 15 is 0 Å². The molecule has 0 aliphatic carbocycles. The third-order valence-corrected chi connectivity index (χ3v) is 3.71. The fourth-order valence-corrected chi connectivity index (χ4v) is 2.41. The highest BCUT2D eigenvalue weighted by Gasteiger charge is 2.16. The minimum atomic E-state index is 0.507. The monoisotopic (exact) mass is 313 g/mol. The first kappa shape index (κ1) is 15.3. The summed E-state index contributed by atoms with van der Waals surface area (Å²) >= 11 is 0. The van der Waals surface area contributed by atoms with Crippen LogP contribution in [0.5, 0.6) is 5.75 Å². The summed E-state index contributed by atoms with van der Waals surface area (Å²) in [5, 5.41) is 5.04. The Morgan fingerprint density at radius 1 is 1.13 bits per heavy atom. The Hall–Kier alpha value is -2.60. The first-order valence-electron chi connectivity index (χ1n) is 7.34. The zero-order chi connectivity index (χ0) is 16.2. The average molecular weight is 313 g/mol. The number of fused-ring (bicyclic) bond motifs is 1. The van der Waals surface area contributed by atoms with Crippen molar-refractivity contribution in [2.45, 2.75) is 0 Å². The molecular formula is C17H19N3O3. The molecule has 0 aliphatic rings. The summed E-state index contributed by atoms with van der Waals surface area (Å²) in [7, 11) is 5.29. The van der Waals surface area contributed by atoms with Crippen molar-refractivity contribution in [2.24, 2.45) is 0 Å². The van der Waals surface area contributed by atoms with Crippen LogP contribution in [0.4, 0.5) is 5.82 Å². The van der Waals surface area contributed by atoms with Gasteiger partial charge in [0, 0.05) is 26.3 Å². The van der Waals surface area contributed by atoms with Gasteiger partial charge in [-0.2, -0.15) is 4.98 Å². The molecule has 2 heterocycles. The van der Waals surface area contributed by atoms with Crippen molar-refractivity contribution in [3.05, 3.63) is 36.4 Å². The number of methoxy groups -OCH3 is 2. The molecule has 120 valence electrons. The molecule has 0 atom stereocenters. The molecule has 0 bridgehead atoms. The molecule has 6 heteroatoms. The lowest BCUT2D eigenvalue weighted by Gasteiger charge is -2.16. The van der Waals surface area contributed by atoms with Crippen LogP contribution in [0.15, 0.2) is 40.9 Å². The maximum Gasteiger partial charge on any atom is 0.260 e. The molecule has 2 aromatic heterocycles. The van der Waals surface area contributed by atoms with Crippen LogP contribution in [-0.4, -0.2) is 44.6 Å². The van der Waals surface area contributed by atoms with Gasteiger partial charge in [-0.1, -0.05) is 17.3 Å². The maximum absolute atomic E-state index is 5.42. The quantitative estimate of drug-likeness (QED) is 0.697. The van der Waals surface area contributed by atoms with Crippen LogP contribution in [0.1, 0.15) is 0 Å². The molecule has 1 aromatic carbocycles. The van der Waals surface area contributed by atoms with E-state index in [1.165, 1.54) is 0 Å². The molecular weight excluding hydrogens is 294 g/mol. The van der Waals surface area contributed by atoms with Gasteiger partial charge in [-0.15, -0.1) is 0 Å². The highest BCUT2D eigenvalue weighted by Crippen LogP contribution is 2.34. The Labute approximate surface area is 134 Å². The van der Waals surface area contributed by atoms with Crippen molar-refractivity contribution < 1.29 is 14.0 Å². The van der Waals surface area contributed by atoms with E-state index in [0.29, 0.717) is 12.3 Å². The van der Waals surface area contributed by atoms with Crippen LogP contribution < -0.4 is 9.64 Å². The minimum absolute atomic E-state index is 0.507. The second-order valence-corrected chi connectivity index (χ2v) is 5.17. The van der Waals surface area contributed by atoms with E-state index in [4.69, 9.17) is 14.0 Å². The summed E-state index contributed by atoms with van der Waals surface area (Å²) in [4.78, 5) is 6.54. The Morgan fingerprint density at radius 3 is 2.74 bits per heavy atom. The van der Waals surface area contributed by atoms with Gasteiger partial charge < -0.3 is 18.9 Å². The molecule has 0 fully saturated rings. The van der Waals surface area contributed by atoms with Crippen LogP contribution >= 0.6 is 0 Å². The number of pyridine rings is 1. The molecule has 3 rings (SSSR count). The highest BCUT2D eigenvalue weighted by molar-refractivity contribution is 5.92. The molecule has 0 saturated heterocycles. The van der Waals surface area contributed by atoms with Crippen molar-refractivity contribution in [3.63, 3.8) is 0 Å². The molecule has 0 unspecified atom stereocenters. The van der Waals surface area contributed by atoms with Gasteiger partial charge in [-0.05, 0) is 24.3 Å². The molecule has 0 N–H and O–H groups in total. The number of nitrogens with zero attached hydrogens (tertiary/aromatic N) is 3. The average Bonchev–Trinajstić information content (AvgIpc) is 3.02. The van der Waals surface area contributed by atoms with Gasteiger partial charge in [0.05, 0.1) is 19.1 Å². The van der Waals surface area contributed by atoms with Gasteiger partial charge in [-0.25, -0.2) is 0 Å². The second-order valence-electron chi connectivity index (χ2n) is 5.17. The summed E-state index contributed by atoms with van der Waals surface area (Å²) in [6, 6.07) is 11.6. The van der Waals surface area contributed by atoms with Gasteiger partial charge in [0.25, 0.3) is 5.71 Å². The van der Waals surface area contributed by atoms with E-state index in [2.05, 4.69) is 10.1 Å². The number of rotatable bonds is 6. The topological polar surface area (TPSA) is 60.6 Å². The Kier molecular flexibility index (Phi) is 4.43. The predicted molar refractivity (Wildman–Crippen MR) is 88.9 cm³/mol. The minimum Gasteiger partial charge on any atom is -0.496 e. The molecule has 3 aromatic rings. The Morgan fingerprint density at radius 2 is 1.96 bits per heavy atom. The molecule has 6 nitrogen and oxygen atoms in total. The number of para-hydroxylation sites is 1. The Balaban J connectivity index is 1.99. The number of aromatic nitrogens is 2. The van der Waals surface area contributed by atoms with E-state index < -0.39 is 0 Å². The van der Waals surface area contributed by atoms with Gasteiger partial charge >= 0.3 is 0 Å². The summed E-state index contributed by atoms with van der Waals surface area (Å²) in [5.74, 6) is 1.57. The van der Waals surface area contributed by atoms with Crippen LogP contribution in [0.2, 0.25) is 0 Å². The summed E-state index contributed by atoms with van der Waals surface area (Å²) in [6.45, 7) is 1.39. The van der Waals surface area contributed by atoms with Crippen LogP contribution in [0, 0.1) is 0 Å². The summed E-state index contributed by atoms with van der Waals surface area (Å²) in [5.41, 5.74) is 2.12. The fraction of sp³-hybridized carbons (Fsp3) is 0.294. The third-order valence-electron chi connectivity index (χ3n) is 3.71. The number of anilines is 1. The number of likely N-dealkylation sites (N-methyl/N-ethyl adjacent to an activating group) is 1. The van der Waals surface area contributed by atoms with E-state index in [0.717, 1.165) is 34.8 Å². The normalized spacial score (nSPS) is 10.9. The van der Waals surface area contributed by atoms with Crippen molar-refractivity contribution >= 4 is 16.9 Å². The smallest absolute Gasteiger partial charge is 0.260 e. The zero-order valence-electron chi connectivity index (χ0n) is 13.4. The number of benzene rings is 1. The zero-order valence-corrected chi connectivity index (χ0v) is 13.4. The number of ether oxygens (including phenoxy) is 2. The van der Waals surface area contributed by atoms with E-state index in [1.54, 1.807) is 14.2 Å². The summed E-state index contributed by atoms with van der Waals surface area (Å²) in [6.07, 6.45) is 0. The lowest BCUT2D eigenvalue weighted by molar-refractivity contribution is 0.206. The lowest BCUT2D eigenvalue weighted by atomic mass is 10.1. The highest BCUT2D eigenvalue weighted by atomic mass is 16.5. The number of hydrogen-bond donors (Lipinski definition) is 0. The van der Waals surface area contributed by atoms with E-state index in [9.17, 15) is 0 Å². The first-order valence-corrected chi connectivity index (χ1v) is 7.34. The molecule has 0 spiro atoms. The Bertz CT molecular complexity index is 801. The van der Waals surface area contributed by atoms with Gasteiger partial charge in [0.1, 0.15) is 17.3 Å². The molecule has 23 heavy (non-hydrogen) atoms. The van der Waals surface area contributed by atoms with Gasteiger partial charge in [0.2, 0.25) is 0 Å². The fourth-order valence-electron chi connectivity index (χ4n) is 2.41. The molecule has 0 saturated carbocycles. The van der Waals surface area contributed by atoms with Crippen LogP contribution in [0.25, 0.3) is 22.4 Å².